The molecule has 1 fully saturated rings. The van der Waals surface area contributed by atoms with E-state index >= 15 is 0 Å². The minimum absolute atomic E-state index is 0.0400. The second kappa shape index (κ2) is 13.4. The highest BCUT2D eigenvalue weighted by Gasteiger charge is 2.47. The topological polar surface area (TPSA) is 107 Å². The molecule has 5 rings (SSSR count). The molecular weight excluding hydrogens is 598 g/mol. The summed E-state index contributed by atoms with van der Waals surface area (Å²) < 4.78 is 33.1. The summed E-state index contributed by atoms with van der Waals surface area (Å²) in [5.74, 6) is 1.65. The molecule has 46 heavy (non-hydrogen) atoms. The Morgan fingerprint density at radius 1 is 0.870 bits per heavy atom. The number of benzene rings is 3. The highest BCUT2D eigenvalue weighted by molar-refractivity contribution is 6.74. The Morgan fingerprint density at radius 2 is 1.41 bits per heavy atom. The number of nitrogens with two attached hydrogens (primary N) is 1. The van der Waals surface area contributed by atoms with Crippen LogP contribution in [0.5, 0.6) is 11.5 Å². The number of ether oxygens (including phenoxy) is 4. The summed E-state index contributed by atoms with van der Waals surface area (Å²) in [7, 11) is 1.06. The van der Waals surface area contributed by atoms with Crippen LogP contribution in [0.3, 0.4) is 0 Å². The van der Waals surface area contributed by atoms with Crippen molar-refractivity contribution < 1.29 is 23.4 Å². The summed E-state index contributed by atoms with van der Waals surface area (Å²) in [6.07, 6.45) is 0.708. The minimum Gasteiger partial charge on any atom is -0.497 e. The van der Waals surface area contributed by atoms with Crippen molar-refractivity contribution in [3.8, 4) is 11.5 Å². The quantitative estimate of drug-likeness (QED) is 0.145. The molecular formula is C36H45N3O6Si. The molecule has 10 heteroatoms. The molecule has 0 radical (unpaired) electrons. The van der Waals surface area contributed by atoms with Gasteiger partial charge in [0.05, 0.1) is 33.0 Å². The van der Waals surface area contributed by atoms with E-state index in [0.717, 1.165) is 28.2 Å². The maximum atomic E-state index is 13.0. The smallest absolute Gasteiger partial charge is 0.351 e. The first-order chi connectivity index (χ1) is 21.9. The molecule has 9 nitrogen and oxygen atoms in total. The van der Waals surface area contributed by atoms with Crippen LogP contribution in [0.4, 0.5) is 5.82 Å². The minimum atomic E-state index is -2.24. The highest BCUT2D eigenvalue weighted by Crippen LogP contribution is 2.44. The number of hydrogen-bond acceptors (Lipinski definition) is 8. The van der Waals surface area contributed by atoms with Crippen molar-refractivity contribution >= 4 is 14.1 Å². The van der Waals surface area contributed by atoms with Crippen LogP contribution in [-0.2, 0) is 19.5 Å². The van der Waals surface area contributed by atoms with Crippen molar-refractivity contribution in [2.45, 2.75) is 69.4 Å². The normalized spacial score (nSPS) is 18.8. The zero-order chi connectivity index (χ0) is 33.1. The molecule has 3 atom stereocenters. The lowest BCUT2D eigenvalue weighted by Crippen LogP contribution is -2.46. The molecule has 2 heterocycles. The van der Waals surface area contributed by atoms with Crippen molar-refractivity contribution in [3.05, 3.63) is 118 Å². The van der Waals surface area contributed by atoms with Gasteiger partial charge in [0.15, 0.2) is 14.5 Å². The fourth-order valence-electron chi connectivity index (χ4n) is 5.64. The average Bonchev–Trinajstić information content (AvgIpc) is 3.43. The van der Waals surface area contributed by atoms with Gasteiger partial charge in [-0.2, -0.15) is 4.98 Å². The molecule has 1 aliphatic heterocycles. The van der Waals surface area contributed by atoms with E-state index in [1.54, 1.807) is 26.5 Å². The third-order valence-electron chi connectivity index (χ3n) is 9.18. The molecule has 1 saturated heterocycles. The summed E-state index contributed by atoms with van der Waals surface area (Å²) in [5, 5.41) is -0.0400. The molecule has 4 aromatic rings. The summed E-state index contributed by atoms with van der Waals surface area (Å²) in [4.78, 5) is 17.0. The third-order valence-corrected chi connectivity index (χ3v) is 13.7. The molecule has 1 aromatic heterocycles. The van der Waals surface area contributed by atoms with E-state index in [1.807, 2.05) is 66.7 Å². The van der Waals surface area contributed by atoms with E-state index in [4.69, 9.17) is 29.1 Å². The van der Waals surface area contributed by atoms with Gasteiger partial charge in [-0.1, -0.05) is 75.4 Å². The summed E-state index contributed by atoms with van der Waals surface area (Å²) in [6, 6.07) is 27.6. The number of aromatic nitrogens is 2. The SMILES string of the molecule is COc1ccc(C(OC[C@@H]2CC(O[Si](C)(C)C(C)(C)C)[C@H](n3ccc(N)nc3=O)O2)(c2ccccc2)c2ccc(OC)cc2)cc1. The van der Waals surface area contributed by atoms with Crippen LogP contribution in [0.2, 0.25) is 18.1 Å². The Hall–Kier alpha value is -3.96. The summed E-state index contributed by atoms with van der Waals surface area (Å²) >= 11 is 0. The van der Waals surface area contributed by atoms with Crippen molar-refractivity contribution in [2.24, 2.45) is 0 Å². The third kappa shape index (κ3) is 6.76. The number of rotatable bonds is 11. The number of anilines is 1. The Kier molecular flexibility index (Phi) is 9.74. The number of nitrogens with zero attached hydrogens (tertiary/aromatic N) is 2. The molecule has 244 valence electrons. The van der Waals surface area contributed by atoms with Crippen molar-refractivity contribution in [2.75, 3.05) is 26.6 Å². The lowest BCUT2D eigenvalue weighted by atomic mass is 9.80. The van der Waals surface area contributed by atoms with Gasteiger partial charge in [0.25, 0.3) is 0 Å². The van der Waals surface area contributed by atoms with E-state index in [0.29, 0.717) is 6.42 Å². The first-order valence-corrected chi connectivity index (χ1v) is 18.5. The van der Waals surface area contributed by atoms with Gasteiger partial charge >= 0.3 is 5.69 Å². The predicted octanol–water partition coefficient (Wildman–Crippen LogP) is 6.53. The van der Waals surface area contributed by atoms with Crippen LogP contribution in [-0.4, -0.2) is 50.9 Å². The molecule has 0 amide bonds. The van der Waals surface area contributed by atoms with E-state index in [1.165, 1.54) is 4.57 Å². The van der Waals surface area contributed by atoms with Crippen LogP contribution in [0.1, 0.15) is 50.1 Å². The maximum absolute atomic E-state index is 13.0. The number of hydrogen-bond donors (Lipinski definition) is 1. The zero-order valence-electron chi connectivity index (χ0n) is 27.7. The van der Waals surface area contributed by atoms with Gasteiger partial charge in [-0.05, 0) is 65.2 Å². The monoisotopic (exact) mass is 643 g/mol. The van der Waals surface area contributed by atoms with E-state index in [-0.39, 0.29) is 29.7 Å². The molecule has 1 unspecified atom stereocenters. The zero-order valence-corrected chi connectivity index (χ0v) is 28.7. The first-order valence-electron chi connectivity index (χ1n) is 15.5. The molecule has 0 bridgehead atoms. The lowest BCUT2D eigenvalue weighted by Gasteiger charge is -2.39. The number of methoxy groups -OCH3 is 2. The van der Waals surface area contributed by atoms with Gasteiger partial charge in [-0.15, -0.1) is 0 Å². The van der Waals surface area contributed by atoms with Crippen molar-refractivity contribution in [1.82, 2.24) is 9.55 Å². The van der Waals surface area contributed by atoms with Crippen LogP contribution in [0.15, 0.2) is 95.9 Å². The second-order valence-corrected chi connectivity index (χ2v) is 17.9. The van der Waals surface area contributed by atoms with E-state index in [9.17, 15) is 4.79 Å². The largest absolute Gasteiger partial charge is 0.497 e. The highest BCUT2D eigenvalue weighted by atomic mass is 28.4. The molecule has 0 saturated carbocycles. The lowest BCUT2D eigenvalue weighted by molar-refractivity contribution is -0.0864. The van der Waals surface area contributed by atoms with Crippen LogP contribution in [0.25, 0.3) is 0 Å². The van der Waals surface area contributed by atoms with Gasteiger partial charge in [-0.3, -0.25) is 4.57 Å². The Morgan fingerprint density at radius 3 is 1.91 bits per heavy atom. The molecule has 2 N–H and O–H groups in total. The van der Waals surface area contributed by atoms with Crippen LogP contribution >= 0.6 is 0 Å². The van der Waals surface area contributed by atoms with Gasteiger partial charge < -0.3 is 29.1 Å². The van der Waals surface area contributed by atoms with Crippen molar-refractivity contribution in [1.29, 1.82) is 0 Å². The van der Waals surface area contributed by atoms with Gasteiger partial charge in [0.1, 0.15) is 22.9 Å². The van der Waals surface area contributed by atoms with Gasteiger partial charge in [-0.25, -0.2) is 4.79 Å². The average molecular weight is 644 g/mol. The summed E-state index contributed by atoms with van der Waals surface area (Å²) in [6.45, 7) is 11.2. The Labute approximate surface area is 272 Å². The molecule has 3 aromatic carbocycles. The summed E-state index contributed by atoms with van der Waals surface area (Å²) in [5.41, 5.74) is 7.13. The van der Waals surface area contributed by atoms with E-state index < -0.39 is 25.8 Å². The van der Waals surface area contributed by atoms with Gasteiger partial charge in [0, 0.05) is 12.6 Å². The standard InChI is InChI=1S/C36H45N3O6Si/c1-35(2,3)46(6,7)45-31-23-30(44-33(31)39-22-21-32(37)38-34(39)40)24-43-36(25-11-9-8-10-12-25,26-13-17-28(41-4)18-14-26)27-15-19-29(42-5)20-16-27/h8-22,30-31,33H,23-24H2,1-7H3,(H2,37,38,40)/t30-,31?,33+/m0/s1. The second-order valence-electron chi connectivity index (χ2n) is 13.2. The van der Waals surface area contributed by atoms with Crippen LogP contribution < -0.4 is 20.9 Å². The first kappa shape index (κ1) is 33.4. The van der Waals surface area contributed by atoms with Gasteiger partial charge in [0.2, 0.25) is 0 Å². The number of nitrogen functional groups attached to an aromatic ring is 1. The molecule has 0 spiro atoms. The fraction of sp³-hybridized carbons (Fsp3) is 0.389. The van der Waals surface area contributed by atoms with Crippen molar-refractivity contribution in [3.63, 3.8) is 0 Å². The van der Waals surface area contributed by atoms with E-state index in [2.05, 4.69) is 51.0 Å². The predicted molar refractivity (Wildman–Crippen MR) is 182 cm³/mol. The Balaban J connectivity index is 1.55. The molecule has 0 aliphatic carbocycles. The maximum Gasteiger partial charge on any atom is 0.351 e. The molecule has 1 aliphatic rings. The van der Waals surface area contributed by atoms with Crippen LogP contribution in [0, 0.1) is 0 Å². The Bertz CT molecular complexity index is 1610. The fourth-order valence-corrected chi connectivity index (χ4v) is 6.96.